The molecule has 0 aromatic heterocycles. The molecule has 0 unspecified atom stereocenters. The van der Waals surface area contributed by atoms with Crippen LogP contribution in [0.25, 0.3) is 0 Å². The van der Waals surface area contributed by atoms with E-state index < -0.39 is 0 Å². The normalized spacial score (nSPS) is 18.0. The molecule has 0 radical (unpaired) electrons. The number of carbonyl (C=O) groups is 2. The molecule has 2 aliphatic heterocycles. The SMILES string of the molecule is Cc1cccc(OCCC(=O)N2CCN(CC(=O)N3CCCC3)CC2)c1C. The van der Waals surface area contributed by atoms with E-state index in [9.17, 15) is 9.59 Å². The van der Waals surface area contributed by atoms with Crippen LogP contribution in [0.4, 0.5) is 0 Å². The Balaban J connectivity index is 1.37. The number of rotatable bonds is 6. The lowest BCUT2D eigenvalue weighted by atomic mass is 10.1. The molecular formula is C21H31N3O3. The Hall–Kier alpha value is -2.08. The fourth-order valence-corrected chi connectivity index (χ4v) is 3.70. The van der Waals surface area contributed by atoms with Crippen LogP contribution in [0.15, 0.2) is 18.2 Å². The maximum atomic E-state index is 12.4. The quantitative estimate of drug-likeness (QED) is 0.764. The highest BCUT2D eigenvalue weighted by Crippen LogP contribution is 2.20. The largest absolute Gasteiger partial charge is 0.493 e. The van der Waals surface area contributed by atoms with E-state index in [1.807, 2.05) is 28.9 Å². The van der Waals surface area contributed by atoms with E-state index in [1.54, 1.807) is 0 Å². The van der Waals surface area contributed by atoms with Gasteiger partial charge in [-0.1, -0.05) is 12.1 Å². The number of aryl methyl sites for hydroxylation is 1. The van der Waals surface area contributed by atoms with Crippen molar-refractivity contribution >= 4 is 11.8 Å². The first-order valence-electron chi connectivity index (χ1n) is 10.0. The van der Waals surface area contributed by atoms with Gasteiger partial charge in [-0.05, 0) is 43.9 Å². The van der Waals surface area contributed by atoms with E-state index in [-0.39, 0.29) is 11.8 Å². The van der Waals surface area contributed by atoms with Gasteiger partial charge in [0.15, 0.2) is 0 Å². The van der Waals surface area contributed by atoms with Crippen LogP contribution in [-0.2, 0) is 9.59 Å². The maximum absolute atomic E-state index is 12.4. The van der Waals surface area contributed by atoms with Gasteiger partial charge in [-0.15, -0.1) is 0 Å². The lowest BCUT2D eigenvalue weighted by molar-refractivity contribution is -0.135. The lowest BCUT2D eigenvalue weighted by Gasteiger charge is -2.35. The van der Waals surface area contributed by atoms with Gasteiger partial charge in [-0.3, -0.25) is 14.5 Å². The molecule has 2 heterocycles. The predicted octanol–water partition coefficient (Wildman–Crippen LogP) is 1.84. The molecule has 0 bridgehead atoms. The van der Waals surface area contributed by atoms with Gasteiger partial charge >= 0.3 is 0 Å². The third kappa shape index (κ3) is 5.22. The molecule has 1 aromatic carbocycles. The molecule has 2 saturated heterocycles. The minimum Gasteiger partial charge on any atom is -0.493 e. The molecule has 6 nitrogen and oxygen atoms in total. The summed E-state index contributed by atoms with van der Waals surface area (Å²) >= 11 is 0. The van der Waals surface area contributed by atoms with Crippen LogP contribution in [-0.4, -0.2) is 78.9 Å². The Kier molecular flexibility index (Phi) is 6.72. The first-order chi connectivity index (χ1) is 13.0. The van der Waals surface area contributed by atoms with Crippen LogP contribution in [0.1, 0.15) is 30.4 Å². The van der Waals surface area contributed by atoms with Crippen molar-refractivity contribution < 1.29 is 14.3 Å². The van der Waals surface area contributed by atoms with Gasteiger partial charge in [0.2, 0.25) is 11.8 Å². The molecule has 0 atom stereocenters. The van der Waals surface area contributed by atoms with Crippen LogP contribution in [0.2, 0.25) is 0 Å². The summed E-state index contributed by atoms with van der Waals surface area (Å²) in [4.78, 5) is 30.7. The average Bonchev–Trinajstić information content (AvgIpc) is 3.20. The van der Waals surface area contributed by atoms with E-state index in [4.69, 9.17) is 4.74 Å². The Morgan fingerprint density at radius 2 is 1.59 bits per heavy atom. The lowest BCUT2D eigenvalue weighted by Crippen LogP contribution is -2.51. The van der Waals surface area contributed by atoms with Gasteiger partial charge in [0.1, 0.15) is 5.75 Å². The number of hydrogen-bond donors (Lipinski definition) is 0. The third-order valence-corrected chi connectivity index (χ3v) is 5.67. The zero-order valence-electron chi connectivity index (χ0n) is 16.6. The number of carbonyl (C=O) groups excluding carboxylic acids is 2. The monoisotopic (exact) mass is 373 g/mol. The average molecular weight is 373 g/mol. The van der Waals surface area contributed by atoms with E-state index in [2.05, 4.69) is 17.9 Å². The Morgan fingerprint density at radius 3 is 2.30 bits per heavy atom. The molecule has 2 fully saturated rings. The second-order valence-electron chi connectivity index (χ2n) is 7.54. The summed E-state index contributed by atoms with van der Waals surface area (Å²) < 4.78 is 5.80. The van der Waals surface area contributed by atoms with Gasteiger partial charge in [0.05, 0.1) is 19.6 Å². The zero-order valence-corrected chi connectivity index (χ0v) is 16.6. The first-order valence-corrected chi connectivity index (χ1v) is 10.0. The molecule has 0 saturated carbocycles. The Labute approximate surface area is 162 Å². The standard InChI is InChI=1S/C21H31N3O3/c1-17-6-5-7-19(18(17)2)27-15-8-20(25)24-13-11-22(12-14-24)16-21(26)23-9-3-4-10-23/h5-7H,3-4,8-16H2,1-2H3. The number of nitrogens with zero attached hydrogens (tertiary/aromatic N) is 3. The van der Waals surface area contributed by atoms with Crippen LogP contribution in [0, 0.1) is 13.8 Å². The highest BCUT2D eigenvalue weighted by atomic mass is 16.5. The van der Waals surface area contributed by atoms with Crippen molar-refractivity contribution in [2.45, 2.75) is 33.1 Å². The third-order valence-electron chi connectivity index (χ3n) is 5.67. The summed E-state index contributed by atoms with van der Waals surface area (Å²) in [7, 11) is 0. The highest BCUT2D eigenvalue weighted by molar-refractivity contribution is 5.79. The van der Waals surface area contributed by atoms with Crippen LogP contribution < -0.4 is 4.74 Å². The molecule has 0 aliphatic carbocycles. The smallest absolute Gasteiger partial charge is 0.236 e. The van der Waals surface area contributed by atoms with Crippen molar-refractivity contribution in [1.29, 1.82) is 0 Å². The molecule has 1 aromatic rings. The number of hydrogen-bond acceptors (Lipinski definition) is 4. The number of likely N-dealkylation sites (tertiary alicyclic amines) is 1. The van der Waals surface area contributed by atoms with Crippen molar-refractivity contribution in [1.82, 2.24) is 14.7 Å². The molecule has 2 aliphatic rings. The van der Waals surface area contributed by atoms with Crippen LogP contribution in [0.5, 0.6) is 5.75 Å². The van der Waals surface area contributed by atoms with Gasteiger partial charge in [0, 0.05) is 39.3 Å². The summed E-state index contributed by atoms with van der Waals surface area (Å²) in [5, 5.41) is 0. The summed E-state index contributed by atoms with van der Waals surface area (Å²) in [6.45, 7) is 9.69. The predicted molar refractivity (Wildman–Crippen MR) is 105 cm³/mol. The Morgan fingerprint density at radius 1 is 0.926 bits per heavy atom. The first kappa shape index (κ1) is 19.7. The van der Waals surface area contributed by atoms with E-state index in [0.717, 1.165) is 50.3 Å². The minimum absolute atomic E-state index is 0.130. The van der Waals surface area contributed by atoms with Crippen LogP contribution in [0.3, 0.4) is 0 Å². The van der Waals surface area contributed by atoms with Crippen LogP contribution >= 0.6 is 0 Å². The highest BCUT2D eigenvalue weighted by Gasteiger charge is 2.25. The molecular weight excluding hydrogens is 342 g/mol. The second kappa shape index (κ2) is 9.22. The van der Waals surface area contributed by atoms with Crippen molar-refractivity contribution in [2.75, 3.05) is 52.4 Å². The summed E-state index contributed by atoms with van der Waals surface area (Å²) in [5.74, 6) is 1.22. The van der Waals surface area contributed by atoms with E-state index >= 15 is 0 Å². The fourth-order valence-electron chi connectivity index (χ4n) is 3.70. The van der Waals surface area contributed by atoms with E-state index in [1.165, 1.54) is 5.56 Å². The summed E-state index contributed by atoms with van der Waals surface area (Å²) in [6.07, 6.45) is 2.64. The number of piperazine rings is 1. The van der Waals surface area contributed by atoms with Crippen molar-refractivity contribution in [3.05, 3.63) is 29.3 Å². The number of benzene rings is 1. The number of amides is 2. The molecule has 148 valence electrons. The van der Waals surface area contributed by atoms with Gasteiger partial charge < -0.3 is 14.5 Å². The number of ether oxygens (including phenoxy) is 1. The summed E-state index contributed by atoms with van der Waals surface area (Å²) in [6, 6.07) is 5.98. The molecule has 2 amide bonds. The van der Waals surface area contributed by atoms with Crippen molar-refractivity contribution in [3.63, 3.8) is 0 Å². The fraction of sp³-hybridized carbons (Fsp3) is 0.619. The second-order valence-corrected chi connectivity index (χ2v) is 7.54. The van der Waals surface area contributed by atoms with E-state index in [0.29, 0.717) is 32.7 Å². The molecule has 27 heavy (non-hydrogen) atoms. The summed E-state index contributed by atoms with van der Waals surface area (Å²) in [5.41, 5.74) is 2.32. The zero-order chi connectivity index (χ0) is 19.2. The minimum atomic E-state index is 0.130. The van der Waals surface area contributed by atoms with Crippen molar-refractivity contribution in [3.8, 4) is 5.75 Å². The molecule has 6 heteroatoms. The topological polar surface area (TPSA) is 53.1 Å². The van der Waals surface area contributed by atoms with Crippen molar-refractivity contribution in [2.24, 2.45) is 0 Å². The maximum Gasteiger partial charge on any atom is 0.236 e. The molecule has 3 rings (SSSR count). The van der Waals surface area contributed by atoms with Gasteiger partial charge in [0.25, 0.3) is 0 Å². The molecule has 0 N–H and O–H groups in total. The van der Waals surface area contributed by atoms with Gasteiger partial charge in [-0.2, -0.15) is 0 Å². The molecule has 0 spiro atoms. The Bertz CT molecular complexity index is 663. The van der Waals surface area contributed by atoms with Gasteiger partial charge in [-0.25, -0.2) is 0 Å².